The van der Waals surface area contributed by atoms with E-state index in [1.807, 2.05) is 12.1 Å². The molecule has 40 heavy (non-hydrogen) atoms. The number of likely N-dealkylation sites (tertiary alicyclic amines) is 1. The molecule has 1 aliphatic heterocycles. The number of aryl methyl sites for hydroxylation is 1. The molecule has 0 bridgehead atoms. The zero-order valence-corrected chi connectivity index (χ0v) is 22.3. The summed E-state index contributed by atoms with van der Waals surface area (Å²) in [4.78, 5) is 27.8. The first kappa shape index (κ1) is 24.9. The Labute approximate surface area is 232 Å². The standard InChI is InChI=1S/C31H32FN7O/c1-2-28(40)38-15-13-26(23(32)17-38)35-25-10-7-19-16-20(8-9-21(19)25)39-30(22-4-3-14-34-29(22)33)37-27-12-11-24(18-5-6-18)36-31(27)39/h2-4,8-9,11-12,14,16,18,23,25-26,35H,1,5-7,10,13,15,17H2,(H2,33,34). The molecule has 4 aromatic rings. The molecule has 3 unspecified atom stereocenters. The van der Waals surface area contributed by atoms with Gasteiger partial charge in [-0.3, -0.25) is 9.36 Å². The summed E-state index contributed by atoms with van der Waals surface area (Å²) in [6.07, 6.45) is 6.54. The number of nitrogens with one attached hydrogen (secondary N) is 1. The molecule has 9 heteroatoms. The van der Waals surface area contributed by atoms with E-state index in [0.29, 0.717) is 24.7 Å². The van der Waals surface area contributed by atoms with Crippen LogP contribution < -0.4 is 11.1 Å². The number of pyridine rings is 2. The van der Waals surface area contributed by atoms with Gasteiger partial charge in [-0.15, -0.1) is 0 Å². The fourth-order valence-electron chi connectivity index (χ4n) is 6.21. The SMILES string of the molecule is C=CC(=O)N1CCC(NC2CCc3cc(-n4c(-c5cccnc5N)nc5ccc(C6CC6)nc54)ccc32)C(F)C1. The molecule has 3 aromatic heterocycles. The first-order chi connectivity index (χ1) is 19.5. The molecule has 0 radical (unpaired) electrons. The van der Waals surface area contributed by atoms with Crippen LogP contribution in [0.2, 0.25) is 0 Å². The van der Waals surface area contributed by atoms with Crippen LogP contribution in [-0.4, -0.2) is 55.6 Å². The van der Waals surface area contributed by atoms with E-state index in [0.717, 1.165) is 46.8 Å². The second kappa shape index (κ2) is 9.82. The first-order valence-corrected chi connectivity index (χ1v) is 14.0. The summed E-state index contributed by atoms with van der Waals surface area (Å²) in [5.41, 5.74) is 13.2. The molecular formula is C31H32FN7O. The van der Waals surface area contributed by atoms with Crippen LogP contribution in [0.25, 0.3) is 28.2 Å². The molecule has 7 rings (SSSR count). The number of imidazole rings is 1. The van der Waals surface area contributed by atoms with Crippen molar-refractivity contribution >= 4 is 22.9 Å². The van der Waals surface area contributed by atoms with Gasteiger partial charge in [0.25, 0.3) is 0 Å². The van der Waals surface area contributed by atoms with Gasteiger partial charge >= 0.3 is 0 Å². The van der Waals surface area contributed by atoms with Crippen LogP contribution in [-0.2, 0) is 11.2 Å². The summed E-state index contributed by atoms with van der Waals surface area (Å²) in [6.45, 7) is 4.16. The number of amides is 1. The molecule has 8 nitrogen and oxygen atoms in total. The van der Waals surface area contributed by atoms with E-state index in [1.165, 1.54) is 34.9 Å². The third-order valence-corrected chi connectivity index (χ3v) is 8.51. The number of carbonyl (C=O) groups is 1. The van der Waals surface area contributed by atoms with Crippen molar-refractivity contribution in [2.45, 2.75) is 56.3 Å². The minimum absolute atomic E-state index is 0.0709. The predicted molar refractivity (Wildman–Crippen MR) is 153 cm³/mol. The number of aromatic nitrogens is 4. The Balaban J connectivity index is 1.22. The fraction of sp³-hybridized carbons (Fsp3) is 0.355. The Bertz CT molecular complexity index is 1630. The molecule has 3 atom stereocenters. The van der Waals surface area contributed by atoms with Crippen LogP contribution in [0.15, 0.2) is 61.3 Å². The number of benzene rings is 1. The normalized spacial score (nSPS) is 22.4. The van der Waals surface area contributed by atoms with Gasteiger partial charge in [-0.05, 0) is 85.7 Å². The van der Waals surface area contributed by atoms with Crippen molar-refractivity contribution in [3.05, 3.63) is 78.1 Å². The average molecular weight is 538 g/mol. The monoisotopic (exact) mass is 537 g/mol. The van der Waals surface area contributed by atoms with Gasteiger partial charge in [-0.2, -0.15) is 0 Å². The number of carbonyl (C=O) groups excluding carboxylic acids is 1. The minimum atomic E-state index is -1.11. The van der Waals surface area contributed by atoms with Gasteiger partial charge in [0, 0.05) is 42.1 Å². The van der Waals surface area contributed by atoms with Crippen molar-refractivity contribution in [3.63, 3.8) is 0 Å². The average Bonchev–Trinajstić information content (AvgIpc) is 3.65. The van der Waals surface area contributed by atoms with E-state index in [2.05, 4.69) is 51.8 Å². The fourth-order valence-corrected chi connectivity index (χ4v) is 6.21. The van der Waals surface area contributed by atoms with Gasteiger partial charge in [-0.25, -0.2) is 19.3 Å². The molecular weight excluding hydrogens is 505 g/mol. The van der Waals surface area contributed by atoms with E-state index in [-0.39, 0.29) is 24.5 Å². The largest absolute Gasteiger partial charge is 0.383 e. The zero-order valence-electron chi connectivity index (χ0n) is 22.3. The number of hydrogen-bond acceptors (Lipinski definition) is 6. The Morgan fingerprint density at radius 2 is 2.00 bits per heavy atom. The van der Waals surface area contributed by atoms with Gasteiger partial charge in [0.15, 0.2) is 11.5 Å². The third kappa shape index (κ3) is 4.34. The number of piperidine rings is 1. The molecule has 1 amide bonds. The lowest BCUT2D eigenvalue weighted by Crippen LogP contribution is -2.52. The highest BCUT2D eigenvalue weighted by Gasteiger charge is 2.34. The maximum atomic E-state index is 15.0. The molecule has 2 aliphatic carbocycles. The first-order valence-electron chi connectivity index (χ1n) is 14.0. The zero-order chi connectivity index (χ0) is 27.4. The van der Waals surface area contributed by atoms with Crippen molar-refractivity contribution < 1.29 is 9.18 Å². The third-order valence-electron chi connectivity index (χ3n) is 8.51. The Kier molecular flexibility index (Phi) is 6.11. The van der Waals surface area contributed by atoms with E-state index >= 15 is 4.39 Å². The quantitative estimate of drug-likeness (QED) is 0.348. The number of anilines is 1. The number of nitrogen functional groups attached to an aromatic ring is 1. The second-order valence-corrected chi connectivity index (χ2v) is 11.1. The molecule has 1 saturated carbocycles. The van der Waals surface area contributed by atoms with Gasteiger partial charge in [0.1, 0.15) is 17.5 Å². The van der Waals surface area contributed by atoms with Crippen molar-refractivity contribution in [3.8, 4) is 17.1 Å². The molecule has 2 fully saturated rings. The number of fused-ring (bicyclic) bond motifs is 2. The summed E-state index contributed by atoms with van der Waals surface area (Å²) in [5.74, 6) is 1.45. The van der Waals surface area contributed by atoms with Gasteiger partial charge in [-0.1, -0.05) is 12.6 Å². The minimum Gasteiger partial charge on any atom is -0.383 e. The van der Waals surface area contributed by atoms with Crippen LogP contribution in [0.3, 0.4) is 0 Å². The molecule has 0 spiro atoms. The maximum absolute atomic E-state index is 15.0. The van der Waals surface area contributed by atoms with Crippen LogP contribution in [0.1, 0.15) is 54.5 Å². The molecule has 204 valence electrons. The van der Waals surface area contributed by atoms with Crippen LogP contribution in [0.5, 0.6) is 0 Å². The van der Waals surface area contributed by atoms with Crippen LogP contribution in [0, 0.1) is 0 Å². The lowest BCUT2D eigenvalue weighted by atomic mass is 10.00. The number of hydrogen-bond donors (Lipinski definition) is 2. The van der Waals surface area contributed by atoms with Crippen LogP contribution in [0.4, 0.5) is 10.2 Å². The Hall–Kier alpha value is -4.11. The topological polar surface area (TPSA) is 102 Å². The molecule has 1 saturated heterocycles. The molecule has 3 aliphatic rings. The summed E-state index contributed by atoms with van der Waals surface area (Å²) >= 11 is 0. The van der Waals surface area contributed by atoms with Gasteiger partial charge < -0.3 is 16.0 Å². The Morgan fingerprint density at radius 3 is 2.77 bits per heavy atom. The molecule has 1 aromatic carbocycles. The van der Waals surface area contributed by atoms with Crippen molar-refractivity contribution in [2.75, 3.05) is 18.8 Å². The number of halogens is 1. The van der Waals surface area contributed by atoms with Crippen molar-refractivity contribution in [2.24, 2.45) is 0 Å². The van der Waals surface area contributed by atoms with E-state index in [9.17, 15) is 4.79 Å². The number of alkyl halides is 1. The summed E-state index contributed by atoms with van der Waals surface area (Å²) < 4.78 is 17.1. The second-order valence-electron chi connectivity index (χ2n) is 11.1. The maximum Gasteiger partial charge on any atom is 0.246 e. The number of rotatable bonds is 6. The van der Waals surface area contributed by atoms with Gasteiger partial charge in [0.2, 0.25) is 5.91 Å². The summed E-state index contributed by atoms with van der Waals surface area (Å²) in [6, 6.07) is 14.2. The van der Waals surface area contributed by atoms with Crippen molar-refractivity contribution in [1.82, 2.24) is 29.7 Å². The van der Waals surface area contributed by atoms with E-state index in [1.54, 1.807) is 6.20 Å². The lowest BCUT2D eigenvalue weighted by Gasteiger charge is -2.36. The predicted octanol–water partition coefficient (Wildman–Crippen LogP) is 4.64. The highest BCUT2D eigenvalue weighted by molar-refractivity contribution is 5.87. The van der Waals surface area contributed by atoms with E-state index in [4.69, 9.17) is 15.7 Å². The van der Waals surface area contributed by atoms with E-state index < -0.39 is 6.17 Å². The molecule has 3 N–H and O–H groups in total. The van der Waals surface area contributed by atoms with Gasteiger partial charge in [0.05, 0.1) is 12.1 Å². The van der Waals surface area contributed by atoms with Crippen LogP contribution >= 0.6 is 0 Å². The highest BCUT2D eigenvalue weighted by atomic mass is 19.1. The number of nitrogens with zero attached hydrogens (tertiary/aromatic N) is 5. The lowest BCUT2D eigenvalue weighted by molar-refractivity contribution is -0.128. The summed E-state index contributed by atoms with van der Waals surface area (Å²) in [5, 5.41) is 3.56. The van der Waals surface area contributed by atoms with Crippen molar-refractivity contribution in [1.29, 1.82) is 0 Å². The Morgan fingerprint density at radius 1 is 1.12 bits per heavy atom. The smallest absolute Gasteiger partial charge is 0.246 e. The highest BCUT2D eigenvalue weighted by Crippen LogP contribution is 2.41. The summed E-state index contributed by atoms with van der Waals surface area (Å²) in [7, 11) is 0. The molecule has 4 heterocycles. The number of nitrogens with two attached hydrogens (primary N) is 1.